The number of pyridine rings is 1. The molecule has 6 rings (SSSR count). The Kier molecular flexibility index (Phi) is 4.99. The van der Waals surface area contributed by atoms with Crippen molar-refractivity contribution in [1.29, 1.82) is 0 Å². The standard InChI is InChI=1S/C27H22N4O4/c1-17-7-10-24-29-25-20(27(33)31(24)15-17)14-21(30(25)16-18-5-3-2-4-6-18)26(32)28-19-8-9-22-23(13-19)35-12-11-34-22/h2-10,13-15H,11-12,16H2,1H3,(H,28,32). The Balaban J connectivity index is 1.47. The third kappa shape index (κ3) is 3.78. The largest absolute Gasteiger partial charge is 0.486 e. The molecule has 0 spiro atoms. The Labute approximate surface area is 200 Å². The summed E-state index contributed by atoms with van der Waals surface area (Å²) in [4.78, 5) is 31.6. The number of fused-ring (bicyclic) bond motifs is 3. The molecule has 0 saturated heterocycles. The molecule has 8 nitrogen and oxygen atoms in total. The maximum Gasteiger partial charge on any atom is 0.272 e. The van der Waals surface area contributed by atoms with Crippen molar-refractivity contribution in [1.82, 2.24) is 14.0 Å². The maximum atomic E-state index is 13.5. The second-order valence-corrected chi connectivity index (χ2v) is 8.50. The van der Waals surface area contributed by atoms with Crippen molar-refractivity contribution < 1.29 is 14.3 Å². The third-order valence-electron chi connectivity index (χ3n) is 6.03. The molecule has 1 aliphatic heterocycles. The lowest BCUT2D eigenvalue weighted by atomic mass is 10.2. The molecule has 0 unspecified atom stereocenters. The Morgan fingerprint density at radius 3 is 2.63 bits per heavy atom. The second kappa shape index (κ2) is 8.32. The van der Waals surface area contributed by atoms with E-state index in [2.05, 4.69) is 5.32 Å². The minimum Gasteiger partial charge on any atom is -0.486 e. The molecule has 0 saturated carbocycles. The van der Waals surface area contributed by atoms with Crippen LogP contribution in [-0.4, -0.2) is 33.1 Å². The van der Waals surface area contributed by atoms with E-state index in [1.807, 2.05) is 49.4 Å². The molecule has 2 aromatic carbocycles. The molecular weight excluding hydrogens is 444 g/mol. The number of anilines is 1. The number of aryl methyl sites for hydroxylation is 1. The number of hydrogen-bond acceptors (Lipinski definition) is 5. The Morgan fingerprint density at radius 1 is 1.00 bits per heavy atom. The quantitative estimate of drug-likeness (QED) is 0.432. The van der Waals surface area contributed by atoms with Crippen LogP contribution in [0.5, 0.6) is 11.5 Å². The molecule has 174 valence electrons. The van der Waals surface area contributed by atoms with E-state index in [1.54, 1.807) is 35.0 Å². The first-order chi connectivity index (χ1) is 17.1. The summed E-state index contributed by atoms with van der Waals surface area (Å²) >= 11 is 0. The van der Waals surface area contributed by atoms with E-state index in [1.165, 1.54) is 4.40 Å². The van der Waals surface area contributed by atoms with Gasteiger partial charge in [0.1, 0.15) is 30.2 Å². The molecular formula is C27H22N4O4. The van der Waals surface area contributed by atoms with Gasteiger partial charge in [-0.3, -0.25) is 14.0 Å². The van der Waals surface area contributed by atoms with Crippen LogP contribution in [0.2, 0.25) is 0 Å². The predicted molar refractivity (Wildman–Crippen MR) is 133 cm³/mol. The average Bonchev–Trinajstić information content (AvgIpc) is 3.23. The van der Waals surface area contributed by atoms with Crippen LogP contribution in [0.15, 0.2) is 77.7 Å². The number of nitrogens with zero attached hydrogens (tertiary/aromatic N) is 3. The van der Waals surface area contributed by atoms with Gasteiger partial charge < -0.3 is 19.4 Å². The summed E-state index contributed by atoms with van der Waals surface area (Å²) in [5.41, 5.74) is 3.63. The zero-order valence-corrected chi connectivity index (χ0v) is 19.0. The molecule has 1 N–H and O–H groups in total. The highest BCUT2D eigenvalue weighted by molar-refractivity contribution is 6.06. The SMILES string of the molecule is Cc1ccc2nc3c(cc(C(=O)Nc4ccc5c(c4)OCCO5)n3Cc3ccccc3)c(=O)n2c1. The maximum absolute atomic E-state index is 13.5. The van der Waals surface area contributed by atoms with Gasteiger partial charge in [-0.1, -0.05) is 36.4 Å². The first-order valence-electron chi connectivity index (χ1n) is 11.3. The van der Waals surface area contributed by atoms with E-state index in [0.717, 1.165) is 11.1 Å². The van der Waals surface area contributed by atoms with Crippen LogP contribution in [0.25, 0.3) is 16.7 Å². The molecule has 5 aromatic rings. The average molecular weight is 466 g/mol. The van der Waals surface area contributed by atoms with Gasteiger partial charge in [0, 0.05) is 24.5 Å². The van der Waals surface area contributed by atoms with E-state index in [4.69, 9.17) is 14.5 Å². The molecule has 1 aliphatic rings. The lowest BCUT2D eigenvalue weighted by molar-refractivity contribution is 0.101. The molecule has 8 heteroatoms. The van der Waals surface area contributed by atoms with Gasteiger partial charge in [0.05, 0.1) is 5.39 Å². The Bertz CT molecular complexity index is 1650. The summed E-state index contributed by atoms with van der Waals surface area (Å²) < 4.78 is 14.5. The van der Waals surface area contributed by atoms with Gasteiger partial charge in [0.25, 0.3) is 11.5 Å². The van der Waals surface area contributed by atoms with Crippen LogP contribution in [-0.2, 0) is 6.54 Å². The predicted octanol–water partition coefficient (Wildman–Crippen LogP) is 4.03. The van der Waals surface area contributed by atoms with Crippen LogP contribution in [0, 0.1) is 6.92 Å². The number of carbonyl (C=O) groups excluding carboxylic acids is 1. The van der Waals surface area contributed by atoms with Crippen LogP contribution >= 0.6 is 0 Å². The zero-order valence-electron chi connectivity index (χ0n) is 19.0. The molecule has 1 amide bonds. The van der Waals surface area contributed by atoms with E-state index < -0.39 is 0 Å². The van der Waals surface area contributed by atoms with E-state index >= 15 is 0 Å². The number of aromatic nitrogens is 3. The number of carbonyl (C=O) groups is 1. The Hall–Kier alpha value is -4.59. The van der Waals surface area contributed by atoms with E-state index in [0.29, 0.717) is 59.3 Å². The van der Waals surface area contributed by atoms with Gasteiger partial charge >= 0.3 is 0 Å². The minimum absolute atomic E-state index is 0.214. The Morgan fingerprint density at radius 2 is 1.80 bits per heavy atom. The lowest BCUT2D eigenvalue weighted by Gasteiger charge is -2.19. The summed E-state index contributed by atoms with van der Waals surface area (Å²) in [5.74, 6) is 0.882. The fourth-order valence-corrected chi connectivity index (χ4v) is 4.34. The third-order valence-corrected chi connectivity index (χ3v) is 6.03. The van der Waals surface area contributed by atoms with Crippen molar-refractivity contribution in [3.05, 3.63) is 100 Å². The van der Waals surface area contributed by atoms with Crippen LogP contribution in [0.4, 0.5) is 5.69 Å². The molecule has 35 heavy (non-hydrogen) atoms. The number of benzene rings is 2. The summed E-state index contributed by atoms with van der Waals surface area (Å²) in [6, 6.07) is 20.4. The first-order valence-corrected chi connectivity index (χ1v) is 11.3. The van der Waals surface area contributed by atoms with Crippen molar-refractivity contribution in [2.24, 2.45) is 0 Å². The number of ether oxygens (including phenoxy) is 2. The first kappa shape index (κ1) is 21.0. The minimum atomic E-state index is -0.347. The summed E-state index contributed by atoms with van der Waals surface area (Å²) in [7, 11) is 0. The summed E-state index contributed by atoms with van der Waals surface area (Å²) in [6.07, 6.45) is 1.76. The molecule has 0 aliphatic carbocycles. The molecule has 0 radical (unpaired) electrons. The van der Waals surface area contributed by atoms with Gasteiger partial charge in [0.15, 0.2) is 11.5 Å². The number of nitrogens with one attached hydrogen (secondary N) is 1. The number of hydrogen-bond donors (Lipinski definition) is 1. The normalized spacial score (nSPS) is 12.7. The summed E-state index contributed by atoms with van der Waals surface area (Å²) in [6.45, 7) is 3.26. The van der Waals surface area contributed by atoms with Crippen molar-refractivity contribution in [2.75, 3.05) is 18.5 Å². The van der Waals surface area contributed by atoms with Gasteiger partial charge in [-0.2, -0.15) is 0 Å². The highest BCUT2D eigenvalue weighted by Crippen LogP contribution is 2.33. The van der Waals surface area contributed by atoms with Crippen molar-refractivity contribution in [3.63, 3.8) is 0 Å². The van der Waals surface area contributed by atoms with Crippen LogP contribution in [0.3, 0.4) is 0 Å². The molecule has 0 fully saturated rings. The smallest absolute Gasteiger partial charge is 0.272 e. The van der Waals surface area contributed by atoms with Crippen molar-refractivity contribution in [3.8, 4) is 11.5 Å². The van der Waals surface area contributed by atoms with Crippen LogP contribution in [0.1, 0.15) is 21.6 Å². The van der Waals surface area contributed by atoms with Crippen molar-refractivity contribution >= 4 is 28.3 Å². The monoisotopic (exact) mass is 466 g/mol. The van der Waals surface area contributed by atoms with Gasteiger partial charge in [-0.05, 0) is 42.3 Å². The van der Waals surface area contributed by atoms with Gasteiger partial charge in [0.2, 0.25) is 0 Å². The highest BCUT2D eigenvalue weighted by atomic mass is 16.6. The molecule has 4 heterocycles. The topological polar surface area (TPSA) is 86.9 Å². The molecule has 0 atom stereocenters. The van der Waals surface area contributed by atoms with Crippen molar-refractivity contribution in [2.45, 2.75) is 13.5 Å². The lowest BCUT2D eigenvalue weighted by Crippen LogP contribution is -2.19. The zero-order chi connectivity index (χ0) is 23.9. The van der Waals surface area contributed by atoms with Gasteiger partial charge in [-0.15, -0.1) is 0 Å². The van der Waals surface area contributed by atoms with E-state index in [-0.39, 0.29) is 11.5 Å². The second-order valence-electron chi connectivity index (χ2n) is 8.50. The van der Waals surface area contributed by atoms with Gasteiger partial charge in [-0.25, -0.2) is 4.98 Å². The van der Waals surface area contributed by atoms with E-state index in [9.17, 15) is 9.59 Å². The van der Waals surface area contributed by atoms with Crippen LogP contribution < -0.4 is 20.3 Å². The molecule has 0 bridgehead atoms. The summed E-state index contributed by atoms with van der Waals surface area (Å²) in [5, 5.41) is 3.32. The number of rotatable bonds is 4. The fraction of sp³-hybridized carbons (Fsp3) is 0.148. The molecule has 3 aromatic heterocycles. The fourth-order valence-electron chi connectivity index (χ4n) is 4.34. The number of amides is 1. The highest BCUT2D eigenvalue weighted by Gasteiger charge is 2.21.